The summed E-state index contributed by atoms with van der Waals surface area (Å²) >= 11 is 0. The molecule has 1 aliphatic rings. The number of carbonyl (C=O) groups excluding carboxylic acids is 4. The molecule has 3 N–H and O–H groups in total. The zero-order valence-electron chi connectivity index (χ0n) is 24.2. The number of benzene rings is 3. The molecule has 3 amide bonds. The maximum atomic E-state index is 13.7. The third-order valence-electron chi connectivity index (χ3n) is 7.36. The second kappa shape index (κ2) is 14.3. The van der Waals surface area contributed by atoms with Crippen LogP contribution in [0.2, 0.25) is 0 Å². The highest BCUT2D eigenvalue weighted by Crippen LogP contribution is 2.26. The Hall–Kier alpha value is -4.70. The Morgan fingerprint density at radius 1 is 0.929 bits per heavy atom. The van der Waals surface area contributed by atoms with Crippen LogP contribution in [0.4, 0.5) is 5.69 Å². The molecule has 1 atom stereocenters. The molecular weight excluding hydrogens is 534 g/mol. The molecule has 42 heavy (non-hydrogen) atoms. The van der Waals surface area contributed by atoms with Crippen LogP contribution in [0.25, 0.3) is 10.8 Å². The van der Waals surface area contributed by atoms with E-state index in [9.17, 15) is 19.2 Å². The highest BCUT2D eigenvalue weighted by atomic mass is 16.5. The van der Waals surface area contributed by atoms with Gasteiger partial charge in [-0.25, -0.2) is 4.79 Å². The minimum absolute atomic E-state index is 0.0357. The van der Waals surface area contributed by atoms with E-state index in [1.165, 1.54) is 7.11 Å². The molecular formula is C32H37N5O5. The number of aryl methyl sites for hydroxylation is 1. The highest BCUT2D eigenvalue weighted by Gasteiger charge is 2.21. The van der Waals surface area contributed by atoms with Crippen LogP contribution in [-0.2, 0) is 25.5 Å². The van der Waals surface area contributed by atoms with Crippen LogP contribution in [0.3, 0.4) is 0 Å². The largest absolute Gasteiger partial charge is 0.466 e. The van der Waals surface area contributed by atoms with Gasteiger partial charge in [0.05, 0.1) is 13.2 Å². The minimum Gasteiger partial charge on any atom is -0.466 e. The summed E-state index contributed by atoms with van der Waals surface area (Å²) in [5, 5.41) is 5.36. The van der Waals surface area contributed by atoms with Crippen LogP contribution in [0.5, 0.6) is 0 Å². The van der Waals surface area contributed by atoms with E-state index in [1.54, 1.807) is 0 Å². The van der Waals surface area contributed by atoms with Crippen molar-refractivity contribution >= 4 is 40.2 Å². The van der Waals surface area contributed by atoms with Crippen molar-refractivity contribution < 1.29 is 23.9 Å². The van der Waals surface area contributed by atoms with Crippen molar-refractivity contribution in [2.24, 2.45) is 0 Å². The van der Waals surface area contributed by atoms with Gasteiger partial charge in [-0.3, -0.25) is 25.2 Å². The van der Waals surface area contributed by atoms with E-state index in [1.807, 2.05) is 61.5 Å². The first-order valence-corrected chi connectivity index (χ1v) is 13.9. The summed E-state index contributed by atoms with van der Waals surface area (Å²) in [5.41, 5.74) is 7.77. The molecule has 1 aliphatic heterocycles. The van der Waals surface area contributed by atoms with Gasteiger partial charge in [0, 0.05) is 56.0 Å². The van der Waals surface area contributed by atoms with Crippen LogP contribution in [0.15, 0.2) is 72.8 Å². The fraction of sp³-hybridized carbons (Fsp3) is 0.312. The van der Waals surface area contributed by atoms with E-state index in [0.717, 1.165) is 65.9 Å². The molecule has 0 bridgehead atoms. The van der Waals surface area contributed by atoms with E-state index in [0.29, 0.717) is 5.56 Å². The number of nitrogens with zero attached hydrogens (tertiary/aromatic N) is 2. The Morgan fingerprint density at radius 2 is 1.67 bits per heavy atom. The first kappa shape index (κ1) is 30.3. The molecule has 0 radical (unpaired) electrons. The number of fused-ring (bicyclic) bond motifs is 1. The van der Waals surface area contributed by atoms with Gasteiger partial charge < -0.3 is 19.9 Å². The molecule has 0 unspecified atom stereocenters. The summed E-state index contributed by atoms with van der Waals surface area (Å²) < 4.78 is 4.43. The molecule has 0 spiro atoms. The van der Waals surface area contributed by atoms with Crippen LogP contribution in [0.1, 0.15) is 40.9 Å². The van der Waals surface area contributed by atoms with Gasteiger partial charge in [0.1, 0.15) is 0 Å². The molecule has 1 saturated heterocycles. The Balaban J connectivity index is 1.49. The third kappa shape index (κ3) is 7.94. The lowest BCUT2D eigenvalue weighted by molar-refractivity contribution is -0.135. The molecule has 3 aromatic rings. The highest BCUT2D eigenvalue weighted by molar-refractivity contribution is 5.98. The monoisotopic (exact) mass is 571 g/mol. The van der Waals surface area contributed by atoms with Gasteiger partial charge in [0.2, 0.25) is 5.91 Å². The van der Waals surface area contributed by atoms with Crippen molar-refractivity contribution in [2.75, 3.05) is 45.2 Å². The van der Waals surface area contributed by atoms with Gasteiger partial charge in [-0.2, -0.15) is 0 Å². The number of ether oxygens (including phenoxy) is 1. The minimum atomic E-state index is -0.683. The number of amides is 3. The number of anilines is 1. The molecule has 0 saturated carbocycles. The fourth-order valence-corrected chi connectivity index (χ4v) is 4.93. The van der Waals surface area contributed by atoms with Crippen molar-refractivity contribution in [3.8, 4) is 0 Å². The summed E-state index contributed by atoms with van der Waals surface area (Å²) in [6.45, 7) is 5.55. The number of carbonyl (C=O) groups is 4. The van der Waals surface area contributed by atoms with Crippen molar-refractivity contribution in [1.29, 1.82) is 0 Å². The number of nitrogens with one attached hydrogen (secondary N) is 3. The predicted molar refractivity (Wildman–Crippen MR) is 162 cm³/mol. The summed E-state index contributed by atoms with van der Waals surface area (Å²) in [5.74, 6) is -2.01. The Labute approximate surface area is 245 Å². The first-order valence-electron chi connectivity index (χ1n) is 13.9. The molecule has 1 heterocycles. The Morgan fingerprint density at radius 3 is 2.43 bits per heavy atom. The second-order valence-corrected chi connectivity index (χ2v) is 10.3. The zero-order valence-corrected chi connectivity index (χ0v) is 24.2. The van der Waals surface area contributed by atoms with Crippen LogP contribution in [0, 0.1) is 0 Å². The van der Waals surface area contributed by atoms with E-state index in [-0.39, 0.29) is 24.8 Å². The van der Waals surface area contributed by atoms with Gasteiger partial charge in [0.25, 0.3) is 11.8 Å². The number of rotatable bonds is 9. The summed E-state index contributed by atoms with van der Waals surface area (Å²) in [6.07, 6.45) is 2.23. The number of methoxy groups -OCH3 is 1. The summed E-state index contributed by atoms with van der Waals surface area (Å²) in [7, 11) is 3.29. The van der Waals surface area contributed by atoms with Crippen molar-refractivity contribution in [3.63, 3.8) is 0 Å². The molecule has 0 aromatic heterocycles. The van der Waals surface area contributed by atoms with Gasteiger partial charge in [-0.1, -0.05) is 48.5 Å². The Kier molecular flexibility index (Phi) is 10.3. The molecule has 10 nitrogen and oxygen atoms in total. The standard InChI is InChI=1S/C32H37N5O5/c1-22(26-10-6-8-23-7-4-5-9-27(23)26)33-32(41)28-21-25(37-19-17-36(2)18-20-37)13-11-24(28)12-14-29(38)34-35-30(39)15-16-31(40)42-3/h4-11,13,15-16,21-22H,12,14,17-20H2,1-3H3,(H,33,41)(H,34,38)(H,35,39)/b16-15+/t22-/m1/s1. The van der Waals surface area contributed by atoms with Gasteiger partial charge in [-0.05, 0) is 54.4 Å². The zero-order chi connectivity index (χ0) is 30.1. The van der Waals surface area contributed by atoms with Crippen LogP contribution < -0.4 is 21.1 Å². The summed E-state index contributed by atoms with van der Waals surface area (Å²) in [6, 6.07) is 19.7. The van der Waals surface area contributed by atoms with Crippen molar-refractivity contribution in [3.05, 3.63) is 89.5 Å². The molecule has 0 aliphatic carbocycles. The quantitative estimate of drug-likeness (QED) is 0.205. The van der Waals surface area contributed by atoms with Gasteiger partial charge >= 0.3 is 5.97 Å². The maximum Gasteiger partial charge on any atom is 0.330 e. The van der Waals surface area contributed by atoms with Crippen molar-refractivity contribution in [1.82, 2.24) is 21.1 Å². The summed E-state index contributed by atoms with van der Waals surface area (Å²) in [4.78, 5) is 53.7. The molecule has 3 aromatic carbocycles. The first-order chi connectivity index (χ1) is 20.2. The topological polar surface area (TPSA) is 120 Å². The second-order valence-electron chi connectivity index (χ2n) is 10.3. The SMILES string of the molecule is COC(=O)/C=C/C(=O)NNC(=O)CCc1ccc(N2CCN(C)CC2)cc1C(=O)N[C@H](C)c1cccc2ccccc12. The molecule has 220 valence electrons. The van der Waals surface area contributed by atoms with Crippen molar-refractivity contribution in [2.45, 2.75) is 25.8 Å². The number of esters is 1. The number of hydrogen-bond acceptors (Lipinski definition) is 7. The lowest BCUT2D eigenvalue weighted by atomic mass is 9.97. The fourth-order valence-electron chi connectivity index (χ4n) is 4.93. The third-order valence-corrected chi connectivity index (χ3v) is 7.36. The molecule has 4 rings (SSSR count). The van der Waals surface area contributed by atoms with Crippen LogP contribution in [-0.4, -0.2) is 68.9 Å². The number of hydrogen-bond donors (Lipinski definition) is 3. The number of piperazine rings is 1. The maximum absolute atomic E-state index is 13.7. The molecule has 10 heteroatoms. The smallest absolute Gasteiger partial charge is 0.330 e. The average Bonchev–Trinajstić information content (AvgIpc) is 3.01. The average molecular weight is 572 g/mol. The van der Waals surface area contributed by atoms with E-state index < -0.39 is 17.8 Å². The predicted octanol–water partition coefficient (Wildman–Crippen LogP) is 2.89. The normalized spacial score (nSPS) is 14.4. The van der Waals surface area contributed by atoms with E-state index in [4.69, 9.17) is 0 Å². The number of hydrazine groups is 1. The lowest BCUT2D eigenvalue weighted by Crippen LogP contribution is -2.44. The van der Waals surface area contributed by atoms with Gasteiger partial charge in [0.15, 0.2) is 0 Å². The van der Waals surface area contributed by atoms with E-state index >= 15 is 0 Å². The number of likely N-dealkylation sites (N-methyl/N-ethyl adjacent to an activating group) is 1. The molecule has 1 fully saturated rings. The van der Waals surface area contributed by atoms with E-state index in [2.05, 4.69) is 43.8 Å². The lowest BCUT2D eigenvalue weighted by Gasteiger charge is -2.34. The Bertz CT molecular complexity index is 1470. The van der Waals surface area contributed by atoms with Gasteiger partial charge in [-0.15, -0.1) is 0 Å². The van der Waals surface area contributed by atoms with Crippen LogP contribution >= 0.6 is 0 Å².